The minimum atomic E-state index is 1.11. The fraction of sp³-hybridized carbons (Fsp3) is 0.500. The molecule has 0 unspecified atom stereocenters. The van der Waals surface area contributed by atoms with Crippen molar-refractivity contribution in [3.05, 3.63) is 48.0 Å². The summed E-state index contributed by atoms with van der Waals surface area (Å²) in [6, 6.07) is 6.54. The minimum absolute atomic E-state index is 1.11. The summed E-state index contributed by atoms with van der Waals surface area (Å²) >= 11 is 0. The van der Waals surface area contributed by atoms with Crippen molar-refractivity contribution in [2.75, 3.05) is 0 Å². The van der Waals surface area contributed by atoms with Gasteiger partial charge in [-0.15, -0.1) is 0 Å². The predicted molar refractivity (Wildman–Crippen MR) is 95.0 cm³/mol. The molecule has 0 saturated carbocycles. The molecule has 112 valence electrons. The molecular formula is C20H32. The lowest BCUT2D eigenvalue weighted by molar-refractivity contribution is 0.640. The zero-order valence-corrected chi connectivity index (χ0v) is 14.0. The Morgan fingerprint density at radius 1 is 1.10 bits per heavy atom. The quantitative estimate of drug-likeness (QED) is 0.445. The van der Waals surface area contributed by atoms with Crippen LogP contribution in [0.25, 0.3) is 11.6 Å². The lowest BCUT2D eigenvalue weighted by Gasteiger charge is -2.09. The Morgan fingerprint density at radius 3 is 2.35 bits per heavy atom. The summed E-state index contributed by atoms with van der Waals surface area (Å²) in [6.45, 7) is 16.4. The van der Waals surface area contributed by atoms with Gasteiger partial charge in [0.05, 0.1) is 0 Å². The molecule has 0 radical (unpaired) electrons. The number of hydrogen-bond acceptors (Lipinski definition) is 0. The van der Waals surface area contributed by atoms with Crippen molar-refractivity contribution in [2.24, 2.45) is 0 Å². The summed E-state index contributed by atoms with van der Waals surface area (Å²) in [7, 11) is 0. The van der Waals surface area contributed by atoms with E-state index < -0.39 is 0 Å². The van der Waals surface area contributed by atoms with Crippen LogP contribution in [0.2, 0.25) is 0 Å². The van der Waals surface area contributed by atoms with Crippen molar-refractivity contribution in [2.45, 2.75) is 66.2 Å². The summed E-state index contributed by atoms with van der Waals surface area (Å²) < 4.78 is 0. The minimum Gasteiger partial charge on any atom is -0.0985 e. The van der Waals surface area contributed by atoms with Gasteiger partial charge in [-0.3, -0.25) is 0 Å². The third-order valence-corrected chi connectivity index (χ3v) is 3.49. The van der Waals surface area contributed by atoms with E-state index in [0.29, 0.717) is 0 Å². The van der Waals surface area contributed by atoms with Crippen LogP contribution in [0.15, 0.2) is 31.4 Å². The molecule has 1 aromatic carbocycles. The van der Waals surface area contributed by atoms with Crippen LogP contribution in [0, 0.1) is 6.92 Å². The molecular weight excluding hydrogens is 240 g/mol. The first-order chi connectivity index (χ1) is 9.69. The second kappa shape index (κ2) is 11.5. The smallest absolute Gasteiger partial charge is 0.0224 e. The van der Waals surface area contributed by atoms with E-state index in [2.05, 4.69) is 45.2 Å². The van der Waals surface area contributed by atoms with E-state index in [1.54, 1.807) is 0 Å². The van der Waals surface area contributed by atoms with Crippen molar-refractivity contribution in [3.8, 4) is 0 Å². The van der Waals surface area contributed by atoms with Crippen molar-refractivity contribution in [1.29, 1.82) is 0 Å². The zero-order chi connectivity index (χ0) is 15.4. The van der Waals surface area contributed by atoms with Crippen LogP contribution in [-0.2, 0) is 0 Å². The molecule has 0 amide bonds. The van der Waals surface area contributed by atoms with Gasteiger partial charge in [-0.25, -0.2) is 0 Å². The largest absolute Gasteiger partial charge is 0.0985 e. The van der Waals surface area contributed by atoms with Gasteiger partial charge >= 0.3 is 0 Å². The first kappa shape index (κ1) is 18.7. The van der Waals surface area contributed by atoms with Crippen LogP contribution in [-0.4, -0.2) is 0 Å². The third kappa shape index (κ3) is 6.75. The van der Waals surface area contributed by atoms with Crippen LogP contribution in [0.4, 0.5) is 0 Å². The zero-order valence-electron chi connectivity index (χ0n) is 14.0. The van der Waals surface area contributed by atoms with E-state index in [-0.39, 0.29) is 0 Å². The fourth-order valence-corrected chi connectivity index (χ4v) is 2.17. The number of unbranched alkanes of at least 4 members (excludes halogenated alkanes) is 4. The van der Waals surface area contributed by atoms with Crippen LogP contribution in [0.3, 0.4) is 0 Å². The van der Waals surface area contributed by atoms with E-state index in [4.69, 9.17) is 0 Å². The van der Waals surface area contributed by atoms with E-state index >= 15 is 0 Å². The molecule has 1 aromatic rings. The number of allylic oxidation sites excluding steroid dienone is 1. The lowest BCUT2D eigenvalue weighted by atomic mass is 9.97. The van der Waals surface area contributed by atoms with Gasteiger partial charge in [-0.2, -0.15) is 0 Å². The molecule has 0 atom stereocenters. The van der Waals surface area contributed by atoms with Gasteiger partial charge in [-0.1, -0.05) is 77.8 Å². The highest BCUT2D eigenvalue weighted by Gasteiger charge is 2.01. The number of rotatable bonds is 8. The Morgan fingerprint density at radius 2 is 1.75 bits per heavy atom. The number of benzene rings is 1. The lowest BCUT2D eigenvalue weighted by Crippen LogP contribution is -1.88. The molecule has 0 spiro atoms. The van der Waals surface area contributed by atoms with Crippen molar-refractivity contribution in [3.63, 3.8) is 0 Å². The Kier molecular flexibility index (Phi) is 10.8. The van der Waals surface area contributed by atoms with Crippen molar-refractivity contribution in [1.82, 2.24) is 0 Å². The van der Waals surface area contributed by atoms with E-state index in [1.165, 1.54) is 54.4 Å². The Balaban J connectivity index is 0.00000172. The maximum absolute atomic E-state index is 4.21. The average Bonchev–Trinajstić information content (AvgIpc) is 2.49. The topological polar surface area (TPSA) is 0 Å². The molecule has 0 aromatic heterocycles. The first-order valence-corrected chi connectivity index (χ1v) is 8.10. The molecule has 0 heteroatoms. The maximum Gasteiger partial charge on any atom is -0.0224 e. The Hall–Kier alpha value is -1.30. The monoisotopic (exact) mass is 272 g/mol. The van der Waals surface area contributed by atoms with Crippen LogP contribution < -0.4 is 0 Å². The van der Waals surface area contributed by atoms with Gasteiger partial charge in [-0.05, 0) is 48.1 Å². The second-order valence-electron chi connectivity index (χ2n) is 5.04. The molecule has 0 heterocycles. The molecule has 0 nitrogen and oxygen atoms in total. The standard InChI is InChI=1S/C18H26.C2H6/c1-5-7-8-9-10-11-15(3)18-13-12-16(4)17(6-2)14-18;1-2/h6,12-14H,2-3,5,7-11H2,1,4H3;1-2H3. The van der Waals surface area contributed by atoms with Gasteiger partial charge in [0.1, 0.15) is 0 Å². The van der Waals surface area contributed by atoms with Gasteiger partial charge in [0, 0.05) is 0 Å². The molecule has 0 saturated heterocycles. The summed E-state index contributed by atoms with van der Waals surface area (Å²) in [4.78, 5) is 0. The molecule has 1 rings (SSSR count). The van der Waals surface area contributed by atoms with E-state index in [9.17, 15) is 0 Å². The van der Waals surface area contributed by atoms with Crippen molar-refractivity contribution < 1.29 is 0 Å². The van der Waals surface area contributed by atoms with E-state index in [1.807, 2.05) is 19.9 Å². The Labute approximate surface area is 126 Å². The fourth-order valence-electron chi connectivity index (χ4n) is 2.17. The SMILES string of the molecule is C=Cc1cc(C(=C)CCCCCCC)ccc1C.CC. The third-order valence-electron chi connectivity index (χ3n) is 3.49. The second-order valence-corrected chi connectivity index (χ2v) is 5.04. The van der Waals surface area contributed by atoms with E-state index in [0.717, 1.165) is 6.42 Å². The van der Waals surface area contributed by atoms with Crippen LogP contribution >= 0.6 is 0 Å². The number of hydrogen-bond donors (Lipinski definition) is 0. The van der Waals surface area contributed by atoms with Gasteiger partial charge in [0.2, 0.25) is 0 Å². The summed E-state index contributed by atoms with van der Waals surface area (Å²) in [5.41, 5.74) is 5.03. The molecule has 0 aliphatic heterocycles. The Bertz CT molecular complexity index is 398. The molecule has 20 heavy (non-hydrogen) atoms. The molecule has 0 bridgehead atoms. The predicted octanol–water partition coefficient (Wildman–Crippen LogP) is 7.04. The first-order valence-electron chi connectivity index (χ1n) is 8.10. The summed E-state index contributed by atoms with van der Waals surface area (Å²) in [5, 5.41) is 0. The highest BCUT2D eigenvalue weighted by Crippen LogP contribution is 2.22. The van der Waals surface area contributed by atoms with Crippen molar-refractivity contribution >= 4 is 11.6 Å². The van der Waals surface area contributed by atoms with Crippen LogP contribution in [0.1, 0.15) is 76.0 Å². The molecule has 0 aliphatic carbocycles. The van der Waals surface area contributed by atoms with Gasteiger partial charge in [0.15, 0.2) is 0 Å². The molecule has 0 fully saturated rings. The average molecular weight is 272 g/mol. The molecule has 0 aliphatic rings. The van der Waals surface area contributed by atoms with Gasteiger partial charge < -0.3 is 0 Å². The summed E-state index contributed by atoms with van der Waals surface area (Å²) in [5.74, 6) is 0. The summed E-state index contributed by atoms with van der Waals surface area (Å²) in [6.07, 6.45) is 9.65. The van der Waals surface area contributed by atoms with Gasteiger partial charge in [0.25, 0.3) is 0 Å². The highest BCUT2D eigenvalue weighted by atomic mass is 14.1. The van der Waals surface area contributed by atoms with Crippen LogP contribution in [0.5, 0.6) is 0 Å². The normalized spacial score (nSPS) is 9.60. The maximum atomic E-state index is 4.21. The highest BCUT2D eigenvalue weighted by molar-refractivity contribution is 5.67. The molecule has 0 N–H and O–H groups in total. The number of aryl methyl sites for hydroxylation is 1.